The van der Waals surface area contributed by atoms with Crippen LogP contribution in [0.2, 0.25) is 0 Å². The molecule has 3 aliphatic rings. The van der Waals surface area contributed by atoms with Gasteiger partial charge in [-0.05, 0) is 68.1 Å². The molecular weight excluding hydrogens is 388 g/mol. The van der Waals surface area contributed by atoms with Gasteiger partial charge in [-0.1, -0.05) is 104 Å². The molecule has 184 valence electrons. The molecule has 0 amide bonds. The predicted molar refractivity (Wildman–Crippen MR) is 142 cm³/mol. The summed E-state index contributed by atoms with van der Waals surface area (Å²) in [6.45, 7) is 9.84. The summed E-state index contributed by atoms with van der Waals surface area (Å²) < 4.78 is 0. The van der Waals surface area contributed by atoms with Crippen LogP contribution in [0.25, 0.3) is 0 Å². The van der Waals surface area contributed by atoms with Gasteiger partial charge >= 0.3 is 0 Å². The maximum Gasteiger partial charge on any atom is 0.0462 e. The van der Waals surface area contributed by atoms with Crippen molar-refractivity contribution >= 4 is 11.4 Å². The molecule has 3 rings (SSSR count). The highest BCUT2D eigenvalue weighted by molar-refractivity contribution is 6.06. The van der Waals surface area contributed by atoms with E-state index >= 15 is 0 Å². The Morgan fingerprint density at radius 1 is 0.656 bits per heavy atom. The molecular formula is C30H54N2. The van der Waals surface area contributed by atoms with Crippen molar-refractivity contribution in [2.75, 3.05) is 0 Å². The molecule has 6 unspecified atom stereocenters. The van der Waals surface area contributed by atoms with Gasteiger partial charge in [-0.2, -0.15) is 10.2 Å². The quantitative estimate of drug-likeness (QED) is 0.415. The summed E-state index contributed by atoms with van der Waals surface area (Å²) in [5.74, 6) is 5.55. The summed E-state index contributed by atoms with van der Waals surface area (Å²) in [4.78, 5) is 0. The first-order valence-electron chi connectivity index (χ1n) is 14.6. The molecule has 0 aromatic carbocycles. The van der Waals surface area contributed by atoms with Gasteiger partial charge in [0.15, 0.2) is 0 Å². The van der Waals surface area contributed by atoms with E-state index in [9.17, 15) is 0 Å². The molecule has 2 fully saturated rings. The molecule has 2 saturated carbocycles. The number of rotatable bonds is 3. The van der Waals surface area contributed by atoms with Crippen molar-refractivity contribution in [2.24, 2.45) is 45.7 Å². The van der Waals surface area contributed by atoms with Crippen molar-refractivity contribution in [3.63, 3.8) is 0 Å². The van der Waals surface area contributed by atoms with Gasteiger partial charge in [0.25, 0.3) is 0 Å². The summed E-state index contributed by atoms with van der Waals surface area (Å²) in [6, 6.07) is 0. The highest BCUT2D eigenvalue weighted by Crippen LogP contribution is 2.39. The summed E-state index contributed by atoms with van der Waals surface area (Å²) in [7, 11) is 0. The van der Waals surface area contributed by atoms with Crippen LogP contribution in [0.1, 0.15) is 143 Å². The van der Waals surface area contributed by atoms with Crippen molar-refractivity contribution in [1.82, 2.24) is 0 Å². The third-order valence-corrected chi connectivity index (χ3v) is 9.63. The smallest absolute Gasteiger partial charge is 0.0462 e. The van der Waals surface area contributed by atoms with Crippen LogP contribution in [-0.4, -0.2) is 11.4 Å². The van der Waals surface area contributed by atoms with Gasteiger partial charge in [0.05, 0.1) is 0 Å². The van der Waals surface area contributed by atoms with Crippen molar-refractivity contribution in [3.8, 4) is 0 Å². The maximum absolute atomic E-state index is 4.48. The lowest BCUT2D eigenvalue weighted by Crippen LogP contribution is -2.23. The van der Waals surface area contributed by atoms with Gasteiger partial charge in [0.2, 0.25) is 0 Å². The van der Waals surface area contributed by atoms with Crippen molar-refractivity contribution in [3.05, 3.63) is 0 Å². The molecule has 2 bridgehead atoms. The number of nitrogens with zero attached hydrogens (tertiary/aromatic N) is 2. The zero-order valence-corrected chi connectivity index (χ0v) is 22.1. The second-order valence-electron chi connectivity index (χ2n) is 12.2. The Labute approximate surface area is 200 Å². The van der Waals surface area contributed by atoms with Crippen molar-refractivity contribution in [1.29, 1.82) is 0 Å². The molecule has 0 aromatic rings. The van der Waals surface area contributed by atoms with Crippen LogP contribution in [0.3, 0.4) is 0 Å². The van der Waals surface area contributed by atoms with E-state index in [0.717, 1.165) is 41.9 Å². The molecule has 0 aromatic heterocycles. The Balaban J connectivity index is 1.67. The summed E-state index contributed by atoms with van der Waals surface area (Å²) in [5.41, 5.74) is 2.56. The van der Waals surface area contributed by atoms with Crippen molar-refractivity contribution in [2.45, 2.75) is 143 Å². The van der Waals surface area contributed by atoms with Crippen LogP contribution in [0.4, 0.5) is 0 Å². The van der Waals surface area contributed by atoms with E-state index in [1.54, 1.807) is 0 Å². The Kier molecular flexibility index (Phi) is 11.3. The highest BCUT2D eigenvalue weighted by atomic mass is 15.2. The number of fused-ring (bicyclic) bond motifs is 4. The molecule has 2 heteroatoms. The third kappa shape index (κ3) is 8.60. The normalized spacial score (nSPS) is 36.6. The summed E-state index contributed by atoms with van der Waals surface area (Å²) >= 11 is 0. The van der Waals surface area contributed by atoms with E-state index in [2.05, 4.69) is 37.9 Å². The van der Waals surface area contributed by atoms with Crippen LogP contribution in [0.15, 0.2) is 10.2 Å². The summed E-state index contributed by atoms with van der Waals surface area (Å²) in [5, 5.41) is 8.80. The van der Waals surface area contributed by atoms with Crippen LogP contribution < -0.4 is 0 Å². The lowest BCUT2D eigenvalue weighted by Gasteiger charge is -2.34. The molecule has 6 atom stereocenters. The SMILES string of the molecule is CC1=NN=C(CCC2CCCCCCCCC(C)C(C)C3CCCC2CCC(C)CC3)C1. The molecule has 0 spiro atoms. The molecule has 2 aliphatic carbocycles. The molecule has 0 saturated heterocycles. The molecule has 1 aliphatic heterocycles. The molecule has 1 heterocycles. The van der Waals surface area contributed by atoms with E-state index in [4.69, 9.17) is 0 Å². The first kappa shape index (κ1) is 26.0. The lowest BCUT2D eigenvalue weighted by molar-refractivity contribution is 0.174. The second kappa shape index (κ2) is 13.9. The van der Waals surface area contributed by atoms with Gasteiger partial charge in [0, 0.05) is 17.8 Å². The van der Waals surface area contributed by atoms with E-state index in [-0.39, 0.29) is 0 Å². The number of hydrogen-bond acceptors (Lipinski definition) is 2. The van der Waals surface area contributed by atoms with Gasteiger partial charge in [-0.15, -0.1) is 0 Å². The van der Waals surface area contributed by atoms with E-state index in [0.29, 0.717) is 0 Å². The Morgan fingerprint density at radius 3 is 2.03 bits per heavy atom. The molecule has 2 nitrogen and oxygen atoms in total. The van der Waals surface area contributed by atoms with Crippen LogP contribution in [0.5, 0.6) is 0 Å². The first-order chi connectivity index (χ1) is 15.5. The van der Waals surface area contributed by atoms with Crippen LogP contribution in [-0.2, 0) is 0 Å². The molecule has 32 heavy (non-hydrogen) atoms. The van der Waals surface area contributed by atoms with Gasteiger partial charge in [-0.25, -0.2) is 0 Å². The number of hydrogen-bond donors (Lipinski definition) is 0. The van der Waals surface area contributed by atoms with Gasteiger partial charge < -0.3 is 0 Å². The largest absolute Gasteiger partial charge is 0.160 e. The Hall–Kier alpha value is -0.660. The minimum absolute atomic E-state index is 0.910. The Bertz CT molecular complexity index is 592. The molecule has 0 radical (unpaired) electrons. The maximum atomic E-state index is 4.48. The van der Waals surface area contributed by atoms with E-state index in [1.165, 1.54) is 121 Å². The zero-order valence-electron chi connectivity index (χ0n) is 22.1. The third-order valence-electron chi connectivity index (χ3n) is 9.63. The Morgan fingerprint density at radius 2 is 1.31 bits per heavy atom. The summed E-state index contributed by atoms with van der Waals surface area (Å²) in [6.07, 6.45) is 25.6. The predicted octanol–water partition coefficient (Wildman–Crippen LogP) is 9.62. The van der Waals surface area contributed by atoms with Crippen molar-refractivity contribution < 1.29 is 0 Å². The van der Waals surface area contributed by atoms with Crippen LogP contribution in [0, 0.1) is 35.5 Å². The van der Waals surface area contributed by atoms with Crippen LogP contribution >= 0.6 is 0 Å². The highest BCUT2D eigenvalue weighted by Gasteiger charge is 2.27. The fourth-order valence-corrected chi connectivity index (χ4v) is 7.01. The zero-order chi connectivity index (χ0) is 22.8. The average Bonchev–Trinajstić information content (AvgIpc) is 3.20. The fraction of sp³-hybridized carbons (Fsp3) is 0.933. The van der Waals surface area contributed by atoms with Gasteiger partial charge in [-0.3, -0.25) is 0 Å². The van der Waals surface area contributed by atoms with Gasteiger partial charge in [0.1, 0.15) is 0 Å². The standard InChI is InChI=1S/C30H54N2/c1-23-16-18-27-14-11-15-29(19-17-23)28(20-21-30-22-25(3)31-32-30)13-10-8-6-5-7-9-12-24(2)26(27)4/h23-24,26-29H,5-22H2,1-4H3. The fourth-order valence-electron chi connectivity index (χ4n) is 7.01. The molecule has 0 N–H and O–H groups in total. The second-order valence-corrected chi connectivity index (χ2v) is 12.2. The van der Waals surface area contributed by atoms with E-state index in [1.807, 2.05) is 0 Å². The average molecular weight is 443 g/mol. The monoisotopic (exact) mass is 442 g/mol. The lowest BCUT2D eigenvalue weighted by atomic mass is 9.72. The topological polar surface area (TPSA) is 24.7 Å². The minimum Gasteiger partial charge on any atom is -0.160 e. The van der Waals surface area contributed by atoms with E-state index < -0.39 is 0 Å². The first-order valence-corrected chi connectivity index (χ1v) is 14.6. The minimum atomic E-state index is 0.910.